The molecule has 5 nitrogen and oxygen atoms in total. The number of hydrogen-bond donors (Lipinski definition) is 1. The predicted molar refractivity (Wildman–Crippen MR) is 68.9 cm³/mol. The Balaban J connectivity index is 2.21. The van der Waals surface area contributed by atoms with Crippen molar-refractivity contribution in [1.82, 2.24) is 0 Å². The fourth-order valence-electron chi connectivity index (χ4n) is 1.86. The first kappa shape index (κ1) is 14.0. The highest BCUT2D eigenvalue weighted by atomic mass is 32.2. The molecule has 0 amide bonds. The standard InChI is InChI=1S/C13H16O5S/c14-7-2-8-18-11-3-1-4-12(9-11)19(16,17)13(10-15)5-6-13/h1,3-4,7,9,15H,2,5-6,8,10H2. The van der Waals surface area contributed by atoms with Crippen LogP contribution >= 0.6 is 0 Å². The first-order valence-corrected chi connectivity index (χ1v) is 7.56. The molecule has 0 radical (unpaired) electrons. The molecule has 0 heterocycles. The van der Waals surface area contributed by atoms with Crippen molar-refractivity contribution in [2.75, 3.05) is 13.2 Å². The number of carbonyl (C=O) groups is 1. The van der Waals surface area contributed by atoms with Gasteiger partial charge in [0, 0.05) is 6.42 Å². The zero-order valence-corrected chi connectivity index (χ0v) is 11.2. The van der Waals surface area contributed by atoms with Gasteiger partial charge in [-0.1, -0.05) is 6.07 Å². The van der Waals surface area contributed by atoms with E-state index in [1.54, 1.807) is 12.1 Å². The van der Waals surface area contributed by atoms with Gasteiger partial charge in [0.25, 0.3) is 0 Å². The average Bonchev–Trinajstić information content (AvgIpc) is 3.21. The van der Waals surface area contributed by atoms with Crippen molar-refractivity contribution in [2.45, 2.75) is 28.9 Å². The fraction of sp³-hybridized carbons (Fsp3) is 0.462. The summed E-state index contributed by atoms with van der Waals surface area (Å²) in [7, 11) is -3.53. The molecule has 0 aromatic heterocycles. The van der Waals surface area contributed by atoms with Crippen LogP contribution in [0.4, 0.5) is 0 Å². The third-order valence-electron chi connectivity index (χ3n) is 3.29. The van der Waals surface area contributed by atoms with Gasteiger partial charge in [0.1, 0.15) is 12.0 Å². The highest BCUT2D eigenvalue weighted by molar-refractivity contribution is 7.93. The molecule has 0 spiro atoms. The maximum Gasteiger partial charge on any atom is 0.186 e. The summed E-state index contributed by atoms with van der Waals surface area (Å²) in [6.07, 6.45) is 1.98. The lowest BCUT2D eigenvalue weighted by Gasteiger charge is -2.14. The van der Waals surface area contributed by atoms with E-state index in [0.29, 0.717) is 18.6 Å². The molecule has 104 valence electrons. The highest BCUT2D eigenvalue weighted by Crippen LogP contribution is 2.46. The molecule has 6 heteroatoms. The predicted octanol–water partition coefficient (Wildman–Crippen LogP) is 0.953. The van der Waals surface area contributed by atoms with Gasteiger partial charge in [-0.25, -0.2) is 8.42 Å². The SMILES string of the molecule is O=CCCOc1cccc(S(=O)(=O)C2(CO)CC2)c1. The van der Waals surface area contributed by atoms with Gasteiger partial charge in [0.2, 0.25) is 0 Å². The second kappa shape index (κ2) is 5.30. The van der Waals surface area contributed by atoms with Crippen molar-refractivity contribution >= 4 is 16.1 Å². The van der Waals surface area contributed by atoms with Crippen LogP contribution < -0.4 is 4.74 Å². The summed E-state index contributed by atoms with van der Waals surface area (Å²) in [6.45, 7) is -0.135. The second-order valence-electron chi connectivity index (χ2n) is 4.62. The van der Waals surface area contributed by atoms with Crippen molar-refractivity contribution in [3.63, 3.8) is 0 Å². The quantitative estimate of drug-likeness (QED) is 0.595. The first-order chi connectivity index (χ1) is 9.05. The highest BCUT2D eigenvalue weighted by Gasteiger charge is 2.54. The minimum absolute atomic E-state index is 0.155. The van der Waals surface area contributed by atoms with Gasteiger partial charge in [0.05, 0.1) is 22.9 Å². The monoisotopic (exact) mass is 284 g/mol. The van der Waals surface area contributed by atoms with Crippen molar-refractivity contribution in [3.05, 3.63) is 24.3 Å². The molecule has 0 unspecified atom stereocenters. The zero-order chi connectivity index (χ0) is 13.9. The Bertz CT molecular complexity index is 560. The van der Waals surface area contributed by atoms with E-state index in [1.807, 2.05) is 0 Å². The first-order valence-electron chi connectivity index (χ1n) is 6.08. The number of carbonyl (C=O) groups excluding carboxylic acids is 1. The molecule has 0 aliphatic heterocycles. The van der Waals surface area contributed by atoms with E-state index in [4.69, 9.17) is 4.74 Å². The van der Waals surface area contributed by atoms with Crippen molar-refractivity contribution in [3.8, 4) is 5.75 Å². The molecule has 0 atom stereocenters. The summed E-state index contributed by atoms with van der Waals surface area (Å²) in [5.41, 5.74) is 0. The van der Waals surface area contributed by atoms with E-state index < -0.39 is 14.6 Å². The third-order valence-corrected chi connectivity index (χ3v) is 5.84. The van der Waals surface area contributed by atoms with E-state index in [0.717, 1.165) is 6.29 Å². The fourth-order valence-corrected chi connectivity index (χ4v) is 3.70. The minimum atomic E-state index is -3.53. The topological polar surface area (TPSA) is 80.7 Å². The van der Waals surface area contributed by atoms with Crippen LogP contribution in [0.1, 0.15) is 19.3 Å². The second-order valence-corrected chi connectivity index (χ2v) is 6.97. The van der Waals surface area contributed by atoms with Gasteiger partial charge in [0.15, 0.2) is 9.84 Å². The van der Waals surface area contributed by atoms with Crippen molar-refractivity contribution < 1.29 is 23.1 Å². The van der Waals surface area contributed by atoms with Crippen LogP contribution in [-0.4, -0.2) is 37.8 Å². The van der Waals surface area contributed by atoms with E-state index in [2.05, 4.69) is 0 Å². The van der Waals surface area contributed by atoms with Crippen LogP contribution in [0, 0.1) is 0 Å². The smallest absolute Gasteiger partial charge is 0.186 e. The number of hydrogen-bond acceptors (Lipinski definition) is 5. The molecular formula is C13H16O5S. The maximum atomic E-state index is 12.4. The molecule has 1 aliphatic rings. The number of ether oxygens (including phenoxy) is 1. The summed E-state index contributed by atoms with van der Waals surface area (Å²) < 4.78 is 29.0. The van der Waals surface area contributed by atoms with E-state index in [-0.39, 0.29) is 24.5 Å². The minimum Gasteiger partial charge on any atom is -0.493 e. The number of aliphatic hydroxyl groups is 1. The zero-order valence-electron chi connectivity index (χ0n) is 10.4. The molecule has 1 N–H and O–H groups in total. The lowest BCUT2D eigenvalue weighted by atomic mass is 10.3. The molecular weight excluding hydrogens is 268 g/mol. The molecule has 0 saturated heterocycles. The number of aliphatic hydroxyl groups excluding tert-OH is 1. The normalized spacial score (nSPS) is 16.9. The van der Waals surface area contributed by atoms with Gasteiger partial charge in [-0.2, -0.15) is 0 Å². The van der Waals surface area contributed by atoms with Crippen LogP contribution in [0.15, 0.2) is 29.2 Å². The largest absolute Gasteiger partial charge is 0.493 e. The summed E-state index contributed by atoms with van der Waals surface area (Å²) in [4.78, 5) is 10.4. The Hall–Kier alpha value is -1.40. The molecule has 1 aromatic carbocycles. The summed E-state index contributed by atoms with van der Waals surface area (Å²) >= 11 is 0. The van der Waals surface area contributed by atoms with E-state index in [9.17, 15) is 18.3 Å². The summed E-state index contributed by atoms with van der Waals surface area (Å²) in [6, 6.07) is 6.17. The summed E-state index contributed by atoms with van der Waals surface area (Å²) in [5.74, 6) is 0.414. The van der Waals surface area contributed by atoms with Gasteiger partial charge < -0.3 is 14.6 Å². The molecule has 1 fully saturated rings. The number of benzene rings is 1. The van der Waals surface area contributed by atoms with E-state index in [1.165, 1.54) is 12.1 Å². The van der Waals surface area contributed by atoms with Crippen LogP contribution in [0.5, 0.6) is 5.75 Å². The van der Waals surface area contributed by atoms with Crippen LogP contribution in [0.3, 0.4) is 0 Å². The Labute approximate surface area is 112 Å². The molecule has 2 rings (SSSR count). The Kier molecular flexibility index (Phi) is 3.91. The van der Waals surface area contributed by atoms with Crippen LogP contribution in [0.25, 0.3) is 0 Å². The van der Waals surface area contributed by atoms with Gasteiger partial charge in [-0.05, 0) is 31.0 Å². The summed E-state index contributed by atoms with van der Waals surface area (Å²) in [5, 5.41) is 9.25. The van der Waals surface area contributed by atoms with Crippen LogP contribution in [-0.2, 0) is 14.6 Å². The average molecular weight is 284 g/mol. The third kappa shape index (κ3) is 2.64. The Morgan fingerprint density at radius 2 is 2.11 bits per heavy atom. The number of aldehydes is 1. The van der Waals surface area contributed by atoms with E-state index >= 15 is 0 Å². The van der Waals surface area contributed by atoms with Crippen molar-refractivity contribution in [1.29, 1.82) is 0 Å². The van der Waals surface area contributed by atoms with Crippen LogP contribution in [0.2, 0.25) is 0 Å². The molecule has 19 heavy (non-hydrogen) atoms. The Morgan fingerprint density at radius 3 is 2.68 bits per heavy atom. The lowest BCUT2D eigenvalue weighted by molar-refractivity contribution is -0.108. The molecule has 1 saturated carbocycles. The van der Waals surface area contributed by atoms with Crippen molar-refractivity contribution in [2.24, 2.45) is 0 Å². The molecule has 1 aliphatic carbocycles. The molecule has 0 bridgehead atoms. The number of rotatable bonds is 7. The lowest BCUT2D eigenvalue weighted by Crippen LogP contribution is -2.27. The van der Waals surface area contributed by atoms with Gasteiger partial charge >= 0.3 is 0 Å². The van der Waals surface area contributed by atoms with Gasteiger partial charge in [-0.15, -0.1) is 0 Å². The Morgan fingerprint density at radius 1 is 1.37 bits per heavy atom. The van der Waals surface area contributed by atoms with Gasteiger partial charge in [-0.3, -0.25) is 0 Å². The maximum absolute atomic E-state index is 12.4. The molecule has 1 aromatic rings. The number of sulfone groups is 1.